The van der Waals surface area contributed by atoms with Crippen LogP contribution in [0.25, 0.3) is 10.9 Å². The Hall–Kier alpha value is -4.46. The first-order valence-electron chi connectivity index (χ1n) is 10.9. The molecule has 11 heteroatoms. The molecule has 0 spiro atoms. The van der Waals surface area contributed by atoms with E-state index in [-0.39, 0.29) is 29.2 Å². The number of carbonyl (C=O) groups is 2. The molecule has 9 nitrogen and oxygen atoms in total. The maximum absolute atomic E-state index is 13.2. The van der Waals surface area contributed by atoms with Crippen molar-refractivity contribution in [3.05, 3.63) is 89.7 Å². The Morgan fingerprint density at radius 2 is 1.62 bits per heavy atom. The van der Waals surface area contributed by atoms with Gasteiger partial charge in [0.25, 0.3) is 21.8 Å². The van der Waals surface area contributed by atoms with Crippen molar-refractivity contribution in [2.24, 2.45) is 0 Å². The standard InChI is InChI=1S/C26H19N5O4S.ClH/c1-3-17-7-6-8-18(13-17)29-24-22-14-19(11-12-23(22)27-15-28-24)30-36(34,35)16(2)31-25(32)20-9-4-5-10-21(20)26(31)33;/h1,4-16,30H,2H3,(H,27,28,29);1H. The molecule has 5 rings (SSSR count). The van der Waals surface area contributed by atoms with Crippen LogP contribution in [0.15, 0.2) is 73.1 Å². The van der Waals surface area contributed by atoms with Gasteiger partial charge in [-0.05, 0) is 55.5 Å². The summed E-state index contributed by atoms with van der Waals surface area (Å²) in [5.74, 6) is 1.71. The number of terminal acetylenes is 1. The average molecular weight is 534 g/mol. The van der Waals surface area contributed by atoms with Gasteiger partial charge in [-0.15, -0.1) is 18.8 Å². The zero-order chi connectivity index (χ0) is 25.4. The van der Waals surface area contributed by atoms with E-state index in [9.17, 15) is 18.0 Å². The predicted molar refractivity (Wildman–Crippen MR) is 143 cm³/mol. The number of benzene rings is 3. The molecule has 0 saturated carbocycles. The topological polar surface area (TPSA) is 121 Å². The van der Waals surface area contributed by atoms with E-state index in [0.29, 0.717) is 28.0 Å². The molecule has 1 unspecified atom stereocenters. The summed E-state index contributed by atoms with van der Waals surface area (Å²) in [6, 6.07) is 18.2. The second-order valence-corrected chi connectivity index (χ2v) is 10.1. The number of carbonyl (C=O) groups excluding carboxylic acids is 2. The number of rotatable bonds is 6. The van der Waals surface area contributed by atoms with Crippen molar-refractivity contribution >= 4 is 62.3 Å². The van der Waals surface area contributed by atoms with Crippen LogP contribution in [-0.4, -0.2) is 40.5 Å². The Balaban J connectivity index is 0.00000320. The van der Waals surface area contributed by atoms with Crippen LogP contribution in [0.1, 0.15) is 33.2 Å². The number of halogens is 1. The molecule has 37 heavy (non-hydrogen) atoms. The fourth-order valence-electron chi connectivity index (χ4n) is 3.97. The first kappa shape index (κ1) is 25.6. The van der Waals surface area contributed by atoms with Crippen LogP contribution in [0.2, 0.25) is 0 Å². The maximum Gasteiger partial charge on any atom is 0.262 e. The van der Waals surface area contributed by atoms with Gasteiger partial charge in [-0.25, -0.2) is 18.4 Å². The Labute approximate surface area is 219 Å². The highest BCUT2D eigenvalue weighted by Gasteiger charge is 2.43. The Morgan fingerprint density at radius 1 is 0.919 bits per heavy atom. The number of aromatic nitrogens is 2. The molecule has 186 valence electrons. The maximum atomic E-state index is 13.2. The lowest BCUT2D eigenvalue weighted by Gasteiger charge is -2.23. The third-order valence-electron chi connectivity index (χ3n) is 5.83. The third kappa shape index (κ3) is 4.70. The number of amides is 2. The number of hydrogen-bond donors (Lipinski definition) is 2. The Morgan fingerprint density at radius 3 is 2.30 bits per heavy atom. The molecule has 2 heterocycles. The highest BCUT2D eigenvalue weighted by Crippen LogP contribution is 2.29. The van der Waals surface area contributed by atoms with Crippen molar-refractivity contribution in [2.45, 2.75) is 12.3 Å². The zero-order valence-corrected chi connectivity index (χ0v) is 21.0. The monoisotopic (exact) mass is 533 g/mol. The van der Waals surface area contributed by atoms with Gasteiger partial charge in [0.1, 0.15) is 12.1 Å². The molecule has 1 aliphatic heterocycles. The van der Waals surface area contributed by atoms with Crippen molar-refractivity contribution in [3.8, 4) is 12.3 Å². The normalized spacial score (nSPS) is 13.5. The summed E-state index contributed by atoms with van der Waals surface area (Å²) in [6.07, 6.45) is 6.87. The number of imide groups is 1. The molecule has 0 radical (unpaired) electrons. The molecule has 1 atom stereocenters. The lowest BCUT2D eigenvalue weighted by atomic mass is 10.1. The predicted octanol–water partition coefficient (Wildman–Crippen LogP) is 4.16. The van der Waals surface area contributed by atoms with Gasteiger partial charge in [0.2, 0.25) is 0 Å². The van der Waals surface area contributed by atoms with E-state index in [4.69, 9.17) is 6.42 Å². The minimum absolute atomic E-state index is 0. The van der Waals surface area contributed by atoms with E-state index < -0.39 is 27.2 Å². The van der Waals surface area contributed by atoms with Crippen LogP contribution in [0.3, 0.4) is 0 Å². The fraction of sp³-hybridized carbons (Fsp3) is 0.0769. The van der Waals surface area contributed by atoms with Gasteiger partial charge in [-0.1, -0.05) is 24.1 Å². The highest BCUT2D eigenvalue weighted by atomic mass is 35.5. The van der Waals surface area contributed by atoms with Gasteiger partial charge < -0.3 is 5.32 Å². The first-order chi connectivity index (χ1) is 17.3. The zero-order valence-electron chi connectivity index (χ0n) is 19.4. The summed E-state index contributed by atoms with van der Waals surface area (Å²) in [7, 11) is -4.18. The van der Waals surface area contributed by atoms with Gasteiger partial charge >= 0.3 is 0 Å². The second kappa shape index (κ2) is 9.89. The average Bonchev–Trinajstić information content (AvgIpc) is 3.13. The molecule has 1 aliphatic rings. The van der Waals surface area contributed by atoms with Crippen molar-refractivity contribution in [2.75, 3.05) is 10.0 Å². The molecule has 0 saturated heterocycles. The van der Waals surface area contributed by atoms with Crippen molar-refractivity contribution in [1.82, 2.24) is 14.9 Å². The van der Waals surface area contributed by atoms with E-state index in [2.05, 4.69) is 25.9 Å². The molecule has 3 aromatic carbocycles. The van der Waals surface area contributed by atoms with Crippen LogP contribution < -0.4 is 10.0 Å². The van der Waals surface area contributed by atoms with Gasteiger partial charge in [0, 0.05) is 22.3 Å². The molecule has 2 amide bonds. The molecule has 1 aromatic heterocycles. The Bertz CT molecular complexity index is 1670. The number of anilines is 3. The van der Waals surface area contributed by atoms with Crippen molar-refractivity contribution < 1.29 is 18.0 Å². The van der Waals surface area contributed by atoms with E-state index in [1.165, 1.54) is 25.4 Å². The minimum Gasteiger partial charge on any atom is -0.340 e. The van der Waals surface area contributed by atoms with Crippen LogP contribution in [0.4, 0.5) is 17.2 Å². The van der Waals surface area contributed by atoms with Gasteiger partial charge in [0.05, 0.1) is 16.6 Å². The van der Waals surface area contributed by atoms with Crippen molar-refractivity contribution in [1.29, 1.82) is 0 Å². The molecule has 0 bridgehead atoms. The second-order valence-electron chi connectivity index (χ2n) is 8.08. The van der Waals surface area contributed by atoms with E-state index in [1.807, 2.05) is 6.07 Å². The van der Waals surface area contributed by atoms with Crippen molar-refractivity contribution in [3.63, 3.8) is 0 Å². The first-order valence-corrected chi connectivity index (χ1v) is 12.4. The molecule has 0 aliphatic carbocycles. The Kier molecular flexibility index (Phi) is 6.85. The number of sulfonamides is 1. The summed E-state index contributed by atoms with van der Waals surface area (Å²) < 4.78 is 28.9. The van der Waals surface area contributed by atoms with E-state index >= 15 is 0 Å². The van der Waals surface area contributed by atoms with Gasteiger partial charge in [0.15, 0.2) is 5.37 Å². The molecule has 4 aromatic rings. The van der Waals surface area contributed by atoms with Crippen LogP contribution in [0.5, 0.6) is 0 Å². The van der Waals surface area contributed by atoms with Gasteiger partial charge in [-0.2, -0.15) is 0 Å². The summed E-state index contributed by atoms with van der Waals surface area (Å²) in [4.78, 5) is 34.8. The van der Waals surface area contributed by atoms with E-state index in [1.54, 1.807) is 48.5 Å². The van der Waals surface area contributed by atoms with Crippen LogP contribution >= 0.6 is 12.4 Å². The quantitative estimate of drug-likeness (QED) is 0.282. The summed E-state index contributed by atoms with van der Waals surface area (Å²) in [5, 5.41) is 2.28. The summed E-state index contributed by atoms with van der Waals surface area (Å²) >= 11 is 0. The summed E-state index contributed by atoms with van der Waals surface area (Å²) in [5.41, 5.74) is 2.55. The van der Waals surface area contributed by atoms with Gasteiger partial charge in [-0.3, -0.25) is 19.2 Å². The molecule has 2 N–H and O–H groups in total. The number of nitrogens with one attached hydrogen (secondary N) is 2. The van der Waals surface area contributed by atoms with E-state index in [0.717, 1.165) is 4.90 Å². The fourth-order valence-corrected chi connectivity index (χ4v) is 5.06. The molecular formula is C26H20ClN5O4S. The lowest BCUT2D eigenvalue weighted by molar-refractivity contribution is 0.0640. The number of nitrogens with zero attached hydrogens (tertiary/aromatic N) is 3. The largest absolute Gasteiger partial charge is 0.340 e. The van der Waals surface area contributed by atoms with Crippen LogP contribution in [-0.2, 0) is 10.0 Å². The molecule has 0 fully saturated rings. The highest BCUT2D eigenvalue weighted by molar-refractivity contribution is 7.93. The SMILES string of the molecule is C#Cc1cccc(Nc2ncnc3ccc(NS(=O)(=O)C(C)N4C(=O)c5ccccc5C4=O)cc23)c1.Cl. The molecular weight excluding hydrogens is 514 g/mol. The smallest absolute Gasteiger partial charge is 0.262 e. The third-order valence-corrected chi connectivity index (χ3v) is 7.45. The minimum atomic E-state index is -4.18. The van der Waals surface area contributed by atoms with Crippen LogP contribution in [0, 0.1) is 12.3 Å². The number of fused-ring (bicyclic) bond motifs is 2. The lowest BCUT2D eigenvalue weighted by Crippen LogP contribution is -2.45. The number of hydrogen-bond acceptors (Lipinski definition) is 7. The summed E-state index contributed by atoms with van der Waals surface area (Å²) in [6.45, 7) is 1.29.